The first-order valence-electron chi connectivity index (χ1n) is 21.9. The normalized spacial score (nSPS) is 12.0. The molecule has 0 fully saturated rings. The Morgan fingerprint density at radius 3 is 1.74 bits per heavy atom. The fourth-order valence-corrected chi connectivity index (χ4v) is 10.2. The predicted octanol–water partition coefficient (Wildman–Crippen LogP) is 15.3. The topological polar surface area (TPSA) is 61.7 Å². The van der Waals surface area contributed by atoms with Gasteiger partial charge >= 0.3 is 0 Å². The lowest BCUT2D eigenvalue weighted by molar-refractivity contribution is 0.670. The molecule has 65 heavy (non-hydrogen) atoms. The minimum absolute atomic E-state index is 0.571. The molecule has 0 atom stereocenters. The maximum atomic E-state index is 7.13. The molecule has 14 rings (SSSR count). The Hall–Kier alpha value is -8.87. The molecule has 0 radical (unpaired) electrons. The third-order valence-electron chi connectivity index (χ3n) is 13.1. The van der Waals surface area contributed by atoms with Gasteiger partial charge in [0, 0.05) is 60.1 Å². The van der Waals surface area contributed by atoms with Crippen molar-refractivity contribution >= 4 is 87.1 Å². The summed E-state index contributed by atoms with van der Waals surface area (Å²) in [5.74, 6) is 1.77. The van der Waals surface area contributed by atoms with E-state index >= 15 is 0 Å². The molecule has 4 heterocycles. The van der Waals surface area contributed by atoms with Crippen molar-refractivity contribution in [3.05, 3.63) is 212 Å². The molecule has 4 aromatic heterocycles. The van der Waals surface area contributed by atoms with Gasteiger partial charge in [0.25, 0.3) is 0 Å². The van der Waals surface area contributed by atoms with E-state index in [4.69, 9.17) is 19.4 Å². The van der Waals surface area contributed by atoms with Crippen LogP contribution in [0.15, 0.2) is 217 Å². The first-order chi connectivity index (χ1) is 32.2. The molecule has 0 saturated carbocycles. The van der Waals surface area contributed by atoms with Gasteiger partial charge in [0.2, 0.25) is 0 Å². The molecule has 6 nitrogen and oxygen atoms in total. The Kier molecular flexibility index (Phi) is 7.59. The SMILES string of the molecule is c1ccc(-c2nc(-c3cc(-n4c5ccccc5c5cc6ccccc6cc54)c4oc5c6ccccc6ccc5c4c3)nc(-c3cccc4c3c3ccccc3n4-c3ccccc3)n2)cc1. The molecule has 0 aliphatic carbocycles. The zero-order valence-corrected chi connectivity index (χ0v) is 34.9. The van der Waals surface area contributed by atoms with Gasteiger partial charge in [-0.1, -0.05) is 152 Å². The molecule has 0 bridgehead atoms. The smallest absolute Gasteiger partial charge is 0.164 e. The van der Waals surface area contributed by atoms with Crippen LogP contribution in [-0.2, 0) is 0 Å². The van der Waals surface area contributed by atoms with Crippen molar-refractivity contribution in [2.45, 2.75) is 0 Å². The van der Waals surface area contributed by atoms with Crippen LogP contribution in [-0.4, -0.2) is 24.1 Å². The highest BCUT2D eigenvalue weighted by atomic mass is 16.3. The molecular formula is C59H35N5O. The summed E-state index contributed by atoms with van der Waals surface area (Å²) in [5.41, 5.74) is 10.7. The lowest BCUT2D eigenvalue weighted by Gasteiger charge is -2.13. The van der Waals surface area contributed by atoms with Gasteiger partial charge in [0.1, 0.15) is 5.58 Å². The van der Waals surface area contributed by atoms with Gasteiger partial charge in [-0.3, -0.25) is 0 Å². The Morgan fingerprint density at radius 1 is 0.323 bits per heavy atom. The zero-order valence-electron chi connectivity index (χ0n) is 34.9. The molecule has 0 unspecified atom stereocenters. The standard InChI is InChI=1S/C59H35N5O/c1-3-17-37(18-4-1)57-60-58(62-59(61-57)46-26-15-29-51-54(46)45-25-12-14-28-50(45)63(51)41-21-5-2-6-22-41)40-33-48-44-31-30-36-16-9-10-23-42(36)55(44)65-56(48)53(35-40)64-49-27-13-11-24-43(49)47-32-38-19-7-8-20-39(38)34-52(47)64/h1-35H. The van der Waals surface area contributed by atoms with Crippen molar-refractivity contribution in [1.82, 2.24) is 24.1 Å². The molecule has 0 amide bonds. The average molecular weight is 830 g/mol. The average Bonchev–Trinajstić information content (AvgIpc) is 4.04. The maximum absolute atomic E-state index is 7.13. The Labute approximate surface area is 371 Å². The van der Waals surface area contributed by atoms with Crippen LogP contribution in [0.1, 0.15) is 0 Å². The van der Waals surface area contributed by atoms with E-state index in [1.807, 2.05) is 18.2 Å². The Bertz CT molecular complexity index is 4240. The molecule has 0 aliphatic heterocycles. The van der Waals surface area contributed by atoms with Gasteiger partial charge in [-0.25, -0.2) is 15.0 Å². The van der Waals surface area contributed by atoms with E-state index in [1.165, 1.54) is 21.5 Å². The summed E-state index contributed by atoms with van der Waals surface area (Å²) in [6.45, 7) is 0. The summed E-state index contributed by atoms with van der Waals surface area (Å²) in [4.78, 5) is 16.1. The number of fused-ring (bicyclic) bond motifs is 12. The summed E-state index contributed by atoms with van der Waals surface area (Å²) in [6.07, 6.45) is 0. The molecule has 0 N–H and O–H groups in total. The molecular weight excluding hydrogens is 795 g/mol. The summed E-state index contributed by atoms with van der Waals surface area (Å²) in [7, 11) is 0. The maximum Gasteiger partial charge on any atom is 0.164 e. The molecule has 302 valence electrons. The molecule has 0 aliphatic rings. The van der Waals surface area contributed by atoms with E-state index in [0.717, 1.165) is 93.6 Å². The number of benzene rings is 10. The second-order valence-electron chi connectivity index (χ2n) is 16.8. The molecule has 0 spiro atoms. The third kappa shape index (κ3) is 5.38. The monoisotopic (exact) mass is 829 g/mol. The van der Waals surface area contributed by atoms with Crippen LogP contribution >= 0.6 is 0 Å². The van der Waals surface area contributed by atoms with E-state index in [9.17, 15) is 0 Å². The highest BCUT2D eigenvalue weighted by molar-refractivity contribution is 6.19. The molecule has 0 saturated heterocycles. The second kappa shape index (κ2) is 13.8. The van der Waals surface area contributed by atoms with Gasteiger partial charge in [-0.05, 0) is 76.8 Å². The van der Waals surface area contributed by atoms with E-state index in [-0.39, 0.29) is 0 Å². The van der Waals surface area contributed by atoms with Crippen LogP contribution < -0.4 is 0 Å². The summed E-state index contributed by atoms with van der Waals surface area (Å²) < 4.78 is 11.8. The molecule has 6 heteroatoms. The van der Waals surface area contributed by atoms with E-state index in [0.29, 0.717) is 17.5 Å². The highest BCUT2D eigenvalue weighted by Crippen LogP contribution is 2.44. The highest BCUT2D eigenvalue weighted by Gasteiger charge is 2.24. The lowest BCUT2D eigenvalue weighted by Crippen LogP contribution is -2.02. The minimum Gasteiger partial charge on any atom is -0.453 e. The van der Waals surface area contributed by atoms with Crippen LogP contribution in [0.3, 0.4) is 0 Å². The predicted molar refractivity (Wildman–Crippen MR) is 267 cm³/mol. The van der Waals surface area contributed by atoms with Crippen molar-refractivity contribution in [3.63, 3.8) is 0 Å². The van der Waals surface area contributed by atoms with E-state index in [1.54, 1.807) is 0 Å². The summed E-state index contributed by atoms with van der Waals surface area (Å²) >= 11 is 0. The molecule has 10 aromatic carbocycles. The van der Waals surface area contributed by atoms with Crippen LogP contribution in [0, 0.1) is 0 Å². The van der Waals surface area contributed by atoms with Crippen LogP contribution in [0.4, 0.5) is 0 Å². The fourth-order valence-electron chi connectivity index (χ4n) is 10.2. The number of hydrogen-bond acceptors (Lipinski definition) is 4. The van der Waals surface area contributed by atoms with Crippen LogP contribution in [0.5, 0.6) is 0 Å². The zero-order chi connectivity index (χ0) is 42.6. The quantitative estimate of drug-likeness (QED) is 0.173. The third-order valence-corrected chi connectivity index (χ3v) is 13.1. The number of nitrogens with zero attached hydrogens (tertiary/aromatic N) is 5. The lowest BCUT2D eigenvalue weighted by atomic mass is 10.0. The minimum atomic E-state index is 0.571. The van der Waals surface area contributed by atoms with Crippen molar-refractivity contribution < 1.29 is 4.42 Å². The first-order valence-corrected chi connectivity index (χ1v) is 21.9. The van der Waals surface area contributed by atoms with Gasteiger partial charge in [-0.15, -0.1) is 0 Å². The second-order valence-corrected chi connectivity index (χ2v) is 16.8. The van der Waals surface area contributed by atoms with E-state index in [2.05, 4.69) is 203 Å². The number of hydrogen-bond donors (Lipinski definition) is 0. The van der Waals surface area contributed by atoms with Gasteiger partial charge in [-0.2, -0.15) is 0 Å². The molecule has 14 aromatic rings. The number of furan rings is 1. The number of para-hydroxylation sites is 3. The van der Waals surface area contributed by atoms with E-state index < -0.39 is 0 Å². The van der Waals surface area contributed by atoms with Gasteiger partial charge in [0.15, 0.2) is 23.1 Å². The van der Waals surface area contributed by atoms with Crippen LogP contribution in [0.2, 0.25) is 0 Å². The number of aromatic nitrogens is 5. The Morgan fingerprint density at radius 2 is 0.938 bits per heavy atom. The fraction of sp³-hybridized carbons (Fsp3) is 0. The van der Waals surface area contributed by atoms with Crippen LogP contribution in [0.25, 0.3) is 133 Å². The summed E-state index contributed by atoms with van der Waals surface area (Å²) in [5, 5.41) is 11.1. The largest absolute Gasteiger partial charge is 0.453 e. The number of rotatable bonds is 5. The van der Waals surface area contributed by atoms with Crippen molar-refractivity contribution in [3.8, 4) is 45.5 Å². The van der Waals surface area contributed by atoms with Crippen molar-refractivity contribution in [2.24, 2.45) is 0 Å². The Balaban J connectivity index is 1.10. The van der Waals surface area contributed by atoms with Gasteiger partial charge in [0.05, 0.1) is 27.8 Å². The summed E-state index contributed by atoms with van der Waals surface area (Å²) in [6, 6.07) is 74.9. The van der Waals surface area contributed by atoms with Gasteiger partial charge < -0.3 is 13.6 Å². The van der Waals surface area contributed by atoms with Crippen molar-refractivity contribution in [1.29, 1.82) is 0 Å². The first kappa shape index (κ1) is 35.7. The van der Waals surface area contributed by atoms with Crippen molar-refractivity contribution in [2.75, 3.05) is 0 Å².